The average molecular weight is 311 g/mol. The Hall–Kier alpha value is -1.54. The third kappa shape index (κ3) is 3.12. The van der Waals surface area contributed by atoms with Crippen LogP contribution in [0.25, 0.3) is 0 Å². The van der Waals surface area contributed by atoms with E-state index in [1.165, 1.54) is 0 Å². The van der Waals surface area contributed by atoms with Crippen molar-refractivity contribution in [2.24, 2.45) is 5.92 Å². The van der Waals surface area contributed by atoms with Gasteiger partial charge < -0.3 is 34.5 Å². The van der Waals surface area contributed by atoms with Crippen molar-refractivity contribution in [1.29, 1.82) is 0 Å². The normalized spacial score (nSPS) is 27.0. The molecule has 122 valence electrons. The fourth-order valence-corrected chi connectivity index (χ4v) is 2.72. The molecule has 0 bridgehead atoms. The molecular formula is C15H21NO6. The summed E-state index contributed by atoms with van der Waals surface area (Å²) in [6, 6.07) is 3.69. The van der Waals surface area contributed by atoms with E-state index in [2.05, 4.69) is 5.32 Å². The molecule has 2 aliphatic heterocycles. The molecule has 0 aliphatic carbocycles. The van der Waals surface area contributed by atoms with E-state index in [1.54, 1.807) is 7.11 Å². The second-order valence-electron chi connectivity index (χ2n) is 5.50. The molecule has 1 fully saturated rings. The van der Waals surface area contributed by atoms with Crippen LogP contribution in [0.2, 0.25) is 0 Å². The monoisotopic (exact) mass is 311 g/mol. The quantitative estimate of drug-likeness (QED) is 0.698. The van der Waals surface area contributed by atoms with Crippen LogP contribution in [0.1, 0.15) is 5.56 Å². The minimum Gasteiger partial charge on any atom is -0.496 e. The SMILES string of the molecule is COc1cc2c(cc1CNC[C@@H]1COC[C@@H](O)[C@H]1O)OCO2. The number of hydrogen-bond donors (Lipinski definition) is 3. The predicted molar refractivity (Wildman–Crippen MR) is 77.1 cm³/mol. The lowest BCUT2D eigenvalue weighted by molar-refractivity contribution is -0.119. The second-order valence-corrected chi connectivity index (χ2v) is 5.50. The van der Waals surface area contributed by atoms with Gasteiger partial charge in [0.1, 0.15) is 11.9 Å². The van der Waals surface area contributed by atoms with Crippen molar-refractivity contribution in [3.05, 3.63) is 17.7 Å². The van der Waals surface area contributed by atoms with Crippen LogP contribution in [-0.2, 0) is 11.3 Å². The molecule has 0 spiro atoms. The van der Waals surface area contributed by atoms with E-state index in [4.69, 9.17) is 18.9 Å². The van der Waals surface area contributed by atoms with Gasteiger partial charge in [-0.1, -0.05) is 0 Å². The number of fused-ring (bicyclic) bond motifs is 1. The molecule has 0 saturated carbocycles. The summed E-state index contributed by atoms with van der Waals surface area (Å²) in [6.07, 6.45) is -1.58. The Labute approximate surface area is 128 Å². The Kier molecular flexibility index (Phi) is 4.68. The molecule has 3 rings (SSSR count). The summed E-state index contributed by atoms with van der Waals surface area (Å²) >= 11 is 0. The zero-order valence-corrected chi connectivity index (χ0v) is 12.4. The molecule has 22 heavy (non-hydrogen) atoms. The molecule has 0 radical (unpaired) electrons. The average Bonchev–Trinajstić information content (AvgIpc) is 2.97. The standard InChI is InChI=1S/C15H21NO6/c1-19-12-3-14-13(21-8-22-14)2-9(12)4-16-5-10-6-20-7-11(17)15(10)18/h2-3,10-11,15-18H,4-8H2,1H3/t10-,11-,15+/m1/s1. The van der Waals surface area contributed by atoms with Crippen molar-refractivity contribution in [2.75, 3.05) is 33.7 Å². The van der Waals surface area contributed by atoms with Gasteiger partial charge in [0.25, 0.3) is 0 Å². The lowest BCUT2D eigenvalue weighted by atomic mass is 9.96. The molecule has 2 aliphatic rings. The van der Waals surface area contributed by atoms with Crippen LogP contribution in [0, 0.1) is 5.92 Å². The summed E-state index contributed by atoms with van der Waals surface area (Å²) in [6.45, 7) is 1.94. The van der Waals surface area contributed by atoms with Gasteiger partial charge in [0.15, 0.2) is 11.5 Å². The Morgan fingerprint density at radius 2 is 2.00 bits per heavy atom. The van der Waals surface area contributed by atoms with Gasteiger partial charge >= 0.3 is 0 Å². The Balaban J connectivity index is 1.59. The summed E-state index contributed by atoms with van der Waals surface area (Å²) in [5.41, 5.74) is 0.943. The molecule has 3 N–H and O–H groups in total. The summed E-state index contributed by atoms with van der Waals surface area (Å²) < 4.78 is 21.3. The zero-order chi connectivity index (χ0) is 15.5. The summed E-state index contributed by atoms with van der Waals surface area (Å²) in [7, 11) is 1.61. The van der Waals surface area contributed by atoms with Gasteiger partial charge in [-0.05, 0) is 6.07 Å². The molecule has 1 saturated heterocycles. The van der Waals surface area contributed by atoms with Gasteiger partial charge in [0.05, 0.1) is 26.4 Å². The fraction of sp³-hybridized carbons (Fsp3) is 0.600. The van der Waals surface area contributed by atoms with E-state index in [0.717, 1.165) is 11.3 Å². The van der Waals surface area contributed by atoms with Crippen molar-refractivity contribution >= 4 is 0 Å². The maximum Gasteiger partial charge on any atom is 0.231 e. The molecular weight excluding hydrogens is 290 g/mol. The molecule has 0 aromatic heterocycles. The lowest BCUT2D eigenvalue weighted by Crippen LogP contribution is -2.47. The minimum absolute atomic E-state index is 0.135. The van der Waals surface area contributed by atoms with Gasteiger partial charge in [0.2, 0.25) is 6.79 Å². The van der Waals surface area contributed by atoms with E-state index < -0.39 is 12.2 Å². The third-order valence-corrected chi connectivity index (χ3v) is 4.00. The lowest BCUT2D eigenvalue weighted by Gasteiger charge is -2.32. The van der Waals surface area contributed by atoms with Crippen LogP contribution >= 0.6 is 0 Å². The van der Waals surface area contributed by atoms with E-state index in [0.29, 0.717) is 31.2 Å². The van der Waals surface area contributed by atoms with Crippen molar-refractivity contribution in [1.82, 2.24) is 5.32 Å². The molecule has 1 aromatic rings. The molecule has 7 heteroatoms. The first kappa shape index (κ1) is 15.4. The number of benzene rings is 1. The van der Waals surface area contributed by atoms with Gasteiger partial charge in [-0.15, -0.1) is 0 Å². The molecule has 2 heterocycles. The van der Waals surface area contributed by atoms with Crippen LogP contribution in [0.15, 0.2) is 12.1 Å². The highest BCUT2D eigenvalue weighted by Crippen LogP contribution is 2.38. The number of rotatable bonds is 5. The fourth-order valence-electron chi connectivity index (χ4n) is 2.72. The number of aliphatic hydroxyl groups is 2. The van der Waals surface area contributed by atoms with Crippen molar-refractivity contribution in [3.63, 3.8) is 0 Å². The Morgan fingerprint density at radius 3 is 2.77 bits per heavy atom. The third-order valence-electron chi connectivity index (χ3n) is 4.00. The van der Waals surface area contributed by atoms with Crippen LogP contribution < -0.4 is 19.5 Å². The number of nitrogens with one attached hydrogen (secondary N) is 1. The molecule has 0 amide bonds. The molecule has 3 atom stereocenters. The smallest absolute Gasteiger partial charge is 0.231 e. The van der Waals surface area contributed by atoms with E-state index >= 15 is 0 Å². The number of aliphatic hydroxyl groups excluding tert-OH is 2. The van der Waals surface area contributed by atoms with Gasteiger partial charge in [-0.2, -0.15) is 0 Å². The molecule has 0 unspecified atom stereocenters. The maximum absolute atomic E-state index is 9.93. The Morgan fingerprint density at radius 1 is 1.23 bits per heavy atom. The molecule has 7 nitrogen and oxygen atoms in total. The summed E-state index contributed by atoms with van der Waals surface area (Å²) in [4.78, 5) is 0. The van der Waals surface area contributed by atoms with Crippen molar-refractivity contribution < 1.29 is 29.2 Å². The van der Waals surface area contributed by atoms with Crippen LogP contribution in [0.5, 0.6) is 17.2 Å². The highest BCUT2D eigenvalue weighted by Gasteiger charge is 2.30. The van der Waals surface area contributed by atoms with Gasteiger partial charge in [-0.3, -0.25) is 0 Å². The first-order valence-electron chi connectivity index (χ1n) is 7.30. The first-order valence-corrected chi connectivity index (χ1v) is 7.30. The highest BCUT2D eigenvalue weighted by atomic mass is 16.7. The maximum atomic E-state index is 9.93. The van der Waals surface area contributed by atoms with E-state index in [-0.39, 0.29) is 19.3 Å². The summed E-state index contributed by atoms with van der Waals surface area (Å²) in [5, 5.41) is 22.8. The number of hydrogen-bond acceptors (Lipinski definition) is 7. The second kappa shape index (κ2) is 6.70. The Bertz CT molecular complexity index is 523. The summed E-state index contributed by atoms with van der Waals surface area (Å²) in [5.74, 6) is 1.97. The van der Waals surface area contributed by atoms with Crippen LogP contribution in [0.4, 0.5) is 0 Å². The van der Waals surface area contributed by atoms with Crippen LogP contribution in [-0.4, -0.2) is 56.1 Å². The number of ether oxygens (including phenoxy) is 4. The number of methoxy groups -OCH3 is 1. The molecule has 1 aromatic carbocycles. The largest absolute Gasteiger partial charge is 0.496 e. The predicted octanol–water partition coefficient (Wildman–Crippen LogP) is -0.118. The highest BCUT2D eigenvalue weighted by molar-refractivity contribution is 5.51. The van der Waals surface area contributed by atoms with E-state index in [9.17, 15) is 10.2 Å². The zero-order valence-electron chi connectivity index (χ0n) is 12.4. The van der Waals surface area contributed by atoms with Crippen molar-refractivity contribution in [2.45, 2.75) is 18.8 Å². The topological polar surface area (TPSA) is 89.4 Å². The van der Waals surface area contributed by atoms with E-state index in [1.807, 2.05) is 12.1 Å². The van der Waals surface area contributed by atoms with Gasteiger partial charge in [0, 0.05) is 30.6 Å². The van der Waals surface area contributed by atoms with Crippen LogP contribution in [0.3, 0.4) is 0 Å². The minimum atomic E-state index is -0.819. The first-order chi connectivity index (χ1) is 10.7. The van der Waals surface area contributed by atoms with Crippen molar-refractivity contribution in [3.8, 4) is 17.2 Å². The van der Waals surface area contributed by atoms with Gasteiger partial charge in [-0.25, -0.2) is 0 Å².